The number of hydrogen-bond donors (Lipinski definition) is 1. The maximum Gasteiger partial charge on any atom is 0.128 e. The van der Waals surface area contributed by atoms with Gasteiger partial charge in [-0.25, -0.2) is 4.98 Å². The zero-order chi connectivity index (χ0) is 13.7. The van der Waals surface area contributed by atoms with Gasteiger partial charge in [-0.3, -0.25) is 0 Å². The monoisotopic (exact) mass is 263 g/mol. The van der Waals surface area contributed by atoms with Gasteiger partial charge in [-0.2, -0.15) is 0 Å². The van der Waals surface area contributed by atoms with Gasteiger partial charge in [-0.05, 0) is 50.4 Å². The predicted octanol–water partition coefficient (Wildman–Crippen LogP) is 1.97. The number of anilines is 1. The molecule has 0 aliphatic heterocycles. The van der Waals surface area contributed by atoms with Gasteiger partial charge < -0.3 is 15.0 Å². The molecule has 19 heavy (non-hydrogen) atoms. The number of rotatable bonds is 8. The molecule has 4 heteroatoms. The Hall–Kier alpha value is -1.13. The molecule has 1 fully saturated rings. The maximum atomic E-state index is 5.68. The summed E-state index contributed by atoms with van der Waals surface area (Å²) in [4.78, 5) is 6.75. The second-order valence-electron chi connectivity index (χ2n) is 5.45. The van der Waals surface area contributed by atoms with Crippen LogP contribution in [0, 0.1) is 12.8 Å². The number of pyridine rings is 1. The van der Waals surface area contributed by atoms with E-state index in [1.54, 1.807) is 0 Å². The molecule has 0 bridgehead atoms. The predicted molar refractivity (Wildman–Crippen MR) is 78.6 cm³/mol. The van der Waals surface area contributed by atoms with Crippen molar-refractivity contribution in [3.05, 3.63) is 23.4 Å². The van der Waals surface area contributed by atoms with E-state index in [4.69, 9.17) is 4.74 Å². The molecule has 4 nitrogen and oxygen atoms in total. The fourth-order valence-electron chi connectivity index (χ4n) is 2.07. The van der Waals surface area contributed by atoms with Crippen LogP contribution in [-0.2, 0) is 11.3 Å². The standard InChI is InChI=1S/C15H25N3O/c1-12-8-14(10-16-2)9-15(17-12)18(3)6-7-19-11-13-4-5-13/h8-9,13,16H,4-7,10-11H2,1-3H3. The van der Waals surface area contributed by atoms with Crippen LogP contribution in [0.4, 0.5) is 5.82 Å². The van der Waals surface area contributed by atoms with Gasteiger partial charge in [0.1, 0.15) is 5.82 Å². The molecule has 1 heterocycles. The van der Waals surface area contributed by atoms with E-state index in [-0.39, 0.29) is 0 Å². The largest absolute Gasteiger partial charge is 0.379 e. The van der Waals surface area contributed by atoms with E-state index in [2.05, 4.69) is 34.4 Å². The normalized spacial score (nSPS) is 14.7. The minimum Gasteiger partial charge on any atom is -0.379 e. The highest BCUT2D eigenvalue weighted by Crippen LogP contribution is 2.28. The fourth-order valence-corrected chi connectivity index (χ4v) is 2.07. The van der Waals surface area contributed by atoms with E-state index in [1.807, 2.05) is 14.0 Å². The van der Waals surface area contributed by atoms with Crippen LogP contribution < -0.4 is 10.2 Å². The summed E-state index contributed by atoms with van der Waals surface area (Å²) < 4.78 is 5.68. The average molecular weight is 263 g/mol. The first-order valence-corrected chi connectivity index (χ1v) is 7.10. The van der Waals surface area contributed by atoms with Crippen molar-refractivity contribution < 1.29 is 4.74 Å². The summed E-state index contributed by atoms with van der Waals surface area (Å²) in [6.45, 7) is 5.52. The lowest BCUT2D eigenvalue weighted by molar-refractivity contribution is 0.131. The molecule has 1 N–H and O–H groups in total. The third-order valence-corrected chi connectivity index (χ3v) is 3.39. The van der Waals surface area contributed by atoms with Crippen molar-refractivity contribution in [1.82, 2.24) is 10.3 Å². The number of aryl methyl sites for hydroxylation is 1. The molecule has 0 saturated heterocycles. The van der Waals surface area contributed by atoms with E-state index in [9.17, 15) is 0 Å². The van der Waals surface area contributed by atoms with Crippen LogP contribution in [0.5, 0.6) is 0 Å². The van der Waals surface area contributed by atoms with E-state index in [0.717, 1.165) is 43.7 Å². The van der Waals surface area contributed by atoms with Crippen LogP contribution in [0.3, 0.4) is 0 Å². The Morgan fingerprint density at radius 3 is 2.89 bits per heavy atom. The Morgan fingerprint density at radius 1 is 1.42 bits per heavy atom. The second kappa shape index (κ2) is 6.87. The Balaban J connectivity index is 1.83. The first kappa shape index (κ1) is 14.3. The number of likely N-dealkylation sites (N-methyl/N-ethyl adjacent to an activating group) is 1. The average Bonchev–Trinajstić information content (AvgIpc) is 3.18. The van der Waals surface area contributed by atoms with Crippen molar-refractivity contribution in [2.24, 2.45) is 5.92 Å². The van der Waals surface area contributed by atoms with Gasteiger partial charge in [0.25, 0.3) is 0 Å². The van der Waals surface area contributed by atoms with Crippen molar-refractivity contribution in [2.45, 2.75) is 26.3 Å². The van der Waals surface area contributed by atoms with Crippen LogP contribution >= 0.6 is 0 Å². The summed E-state index contributed by atoms with van der Waals surface area (Å²) in [7, 11) is 4.04. The molecular weight excluding hydrogens is 238 g/mol. The zero-order valence-corrected chi connectivity index (χ0v) is 12.3. The third-order valence-electron chi connectivity index (χ3n) is 3.39. The maximum absolute atomic E-state index is 5.68. The summed E-state index contributed by atoms with van der Waals surface area (Å²) in [6, 6.07) is 4.27. The summed E-state index contributed by atoms with van der Waals surface area (Å²) in [5.41, 5.74) is 2.34. The Morgan fingerprint density at radius 2 is 2.21 bits per heavy atom. The molecule has 106 valence electrons. The third kappa shape index (κ3) is 4.80. The van der Waals surface area contributed by atoms with Crippen LogP contribution in [0.15, 0.2) is 12.1 Å². The number of ether oxygens (including phenoxy) is 1. The topological polar surface area (TPSA) is 37.4 Å². The van der Waals surface area contributed by atoms with Crippen LogP contribution in [0.2, 0.25) is 0 Å². The summed E-state index contributed by atoms with van der Waals surface area (Å²) in [5, 5.41) is 3.18. The number of hydrogen-bond acceptors (Lipinski definition) is 4. The minimum absolute atomic E-state index is 0.782. The van der Waals surface area contributed by atoms with Gasteiger partial charge in [0.2, 0.25) is 0 Å². The molecule has 1 aromatic heterocycles. The fraction of sp³-hybridized carbons (Fsp3) is 0.667. The Labute approximate surface area is 116 Å². The lowest BCUT2D eigenvalue weighted by Gasteiger charge is -2.19. The van der Waals surface area contributed by atoms with E-state index in [1.165, 1.54) is 18.4 Å². The van der Waals surface area contributed by atoms with Gasteiger partial charge in [-0.1, -0.05) is 0 Å². The molecule has 0 radical (unpaired) electrons. The molecule has 0 atom stereocenters. The van der Waals surface area contributed by atoms with Gasteiger partial charge in [0.15, 0.2) is 0 Å². The Kier molecular flexibility index (Phi) is 5.16. The zero-order valence-electron chi connectivity index (χ0n) is 12.3. The molecule has 1 saturated carbocycles. The molecule has 0 aromatic carbocycles. The quantitative estimate of drug-likeness (QED) is 0.728. The molecule has 1 aliphatic carbocycles. The van der Waals surface area contributed by atoms with Gasteiger partial charge in [0, 0.05) is 32.4 Å². The highest BCUT2D eigenvalue weighted by Gasteiger charge is 2.21. The van der Waals surface area contributed by atoms with Crippen molar-refractivity contribution in [2.75, 3.05) is 38.8 Å². The van der Waals surface area contributed by atoms with Gasteiger partial charge in [0.05, 0.1) is 6.61 Å². The minimum atomic E-state index is 0.782. The summed E-state index contributed by atoms with van der Waals surface area (Å²) in [5.74, 6) is 1.87. The van der Waals surface area contributed by atoms with Crippen LogP contribution in [-0.4, -0.2) is 38.8 Å². The lowest BCUT2D eigenvalue weighted by atomic mass is 10.2. The van der Waals surface area contributed by atoms with E-state index in [0.29, 0.717) is 0 Å². The SMILES string of the molecule is CNCc1cc(C)nc(N(C)CCOCC2CC2)c1. The highest BCUT2D eigenvalue weighted by atomic mass is 16.5. The van der Waals surface area contributed by atoms with Crippen LogP contribution in [0.25, 0.3) is 0 Å². The molecule has 0 spiro atoms. The number of nitrogens with one attached hydrogen (secondary N) is 1. The van der Waals surface area contributed by atoms with Gasteiger partial charge >= 0.3 is 0 Å². The smallest absolute Gasteiger partial charge is 0.128 e. The number of aromatic nitrogens is 1. The summed E-state index contributed by atoms with van der Waals surface area (Å²) >= 11 is 0. The summed E-state index contributed by atoms with van der Waals surface area (Å²) in [6.07, 6.45) is 2.70. The highest BCUT2D eigenvalue weighted by molar-refractivity contribution is 5.41. The van der Waals surface area contributed by atoms with Crippen molar-refractivity contribution in [1.29, 1.82) is 0 Å². The number of nitrogens with zero attached hydrogens (tertiary/aromatic N) is 2. The molecule has 2 rings (SSSR count). The van der Waals surface area contributed by atoms with Crippen molar-refractivity contribution in [3.63, 3.8) is 0 Å². The molecule has 0 amide bonds. The first-order chi connectivity index (χ1) is 9.19. The van der Waals surface area contributed by atoms with Crippen molar-refractivity contribution >= 4 is 5.82 Å². The van der Waals surface area contributed by atoms with E-state index < -0.39 is 0 Å². The Bertz CT molecular complexity index is 404. The van der Waals surface area contributed by atoms with Gasteiger partial charge in [-0.15, -0.1) is 0 Å². The van der Waals surface area contributed by atoms with Crippen molar-refractivity contribution in [3.8, 4) is 0 Å². The molecular formula is C15H25N3O. The van der Waals surface area contributed by atoms with E-state index >= 15 is 0 Å². The molecule has 1 aromatic rings. The second-order valence-corrected chi connectivity index (χ2v) is 5.45. The first-order valence-electron chi connectivity index (χ1n) is 7.10. The lowest BCUT2D eigenvalue weighted by Crippen LogP contribution is -2.24. The molecule has 1 aliphatic rings. The van der Waals surface area contributed by atoms with Crippen LogP contribution in [0.1, 0.15) is 24.1 Å². The molecule has 0 unspecified atom stereocenters.